The standard InChI is InChI=1S/2C64H42N2O/c1-2-16-54-47(12-1)13-9-20-55(54)48-30-26-43(27-31-48)45-34-38-50(39-35-45)65(52-14-10-15-53(42-52)66-61-23-6-3-17-57(61)58-18-4-7-24-62(58)66)51-40-36-46(37-41-51)44-28-32-49(33-29-44)56-21-11-22-60-59-19-5-8-25-63(59)67-64(56)60;1-2-11-50-40-51(29-28-43(50)10-1)48-24-20-44(21-25-48)46-30-35-53(36-31-46)65(55-12-9-13-56(42-55)66-61-17-6-3-14-57(61)58-15-4-7-18-62(58)66)54-37-32-47(33-38-54)45-22-26-49(27-23-45)52-34-39-64-60(41-52)59-16-5-8-19-63(59)67-64/h2*1-42H. The first kappa shape index (κ1) is 78.4. The summed E-state index contributed by atoms with van der Waals surface area (Å²) in [5.41, 5.74) is 35.9. The lowest BCUT2D eigenvalue weighted by molar-refractivity contribution is 0.669. The predicted octanol–water partition coefficient (Wildman–Crippen LogP) is 35.9. The SMILES string of the molecule is c1cc(N(c2ccc(-c3ccc(-c4ccc5ccccc5c4)cc3)cc2)c2ccc(-c3ccc(-c4ccc5oc6ccccc6c5c4)cc3)cc2)cc(-n2c3ccccc3c3ccccc32)c1.c1cc(N(c2ccc(-c3ccc(-c4cccc5ccccc45)cc3)cc2)c2ccc(-c3ccc(-c4cccc5c4oc4ccccc45)cc3)cc2)cc(-n2c3ccccc3c3ccccc32)c1. The highest BCUT2D eigenvalue weighted by Gasteiger charge is 2.23. The van der Waals surface area contributed by atoms with Gasteiger partial charge in [0.15, 0.2) is 0 Å². The molecule has 4 aromatic heterocycles. The van der Waals surface area contributed by atoms with Gasteiger partial charge in [-0.2, -0.15) is 0 Å². The van der Waals surface area contributed by atoms with Crippen molar-refractivity contribution in [2.45, 2.75) is 0 Å². The highest BCUT2D eigenvalue weighted by atomic mass is 16.3. The van der Waals surface area contributed by atoms with Crippen LogP contribution in [0.4, 0.5) is 34.1 Å². The molecular formula is C128H84N4O2. The summed E-state index contributed by atoms with van der Waals surface area (Å²) in [6.07, 6.45) is 0. The minimum Gasteiger partial charge on any atom is -0.456 e. The average molecular weight is 1710 g/mol. The summed E-state index contributed by atoms with van der Waals surface area (Å²) in [5.74, 6) is 0. The van der Waals surface area contributed by atoms with Crippen LogP contribution >= 0.6 is 0 Å². The number of fused-ring (bicyclic) bond motifs is 14. The van der Waals surface area contributed by atoms with Crippen LogP contribution in [0.1, 0.15) is 0 Å². The maximum Gasteiger partial charge on any atom is 0.143 e. The Hall–Kier alpha value is -17.8. The highest BCUT2D eigenvalue weighted by Crippen LogP contribution is 2.46. The number of benzene rings is 22. The Morgan fingerprint density at radius 2 is 0.440 bits per heavy atom. The molecule has 0 atom stereocenters. The number of hydrogen-bond acceptors (Lipinski definition) is 4. The van der Waals surface area contributed by atoms with Gasteiger partial charge in [-0.25, -0.2) is 0 Å². The van der Waals surface area contributed by atoms with Crippen molar-refractivity contribution in [3.8, 4) is 100 Å². The second kappa shape index (κ2) is 33.3. The van der Waals surface area contributed by atoms with Crippen molar-refractivity contribution in [2.75, 3.05) is 9.80 Å². The van der Waals surface area contributed by atoms with Crippen molar-refractivity contribution in [3.63, 3.8) is 0 Å². The Morgan fingerprint density at radius 3 is 0.896 bits per heavy atom. The largest absolute Gasteiger partial charge is 0.456 e. The second-order valence-electron chi connectivity index (χ2n) is 34.6. The molecule has 0 aliphatic rings. The molecule has 0 saturated carbocycles. The van der Waals surface area contributed by atoms with E-state index in [1.54, 1.807) is 0 Å². The van der Waals surface area contributed by atoms with Gasteiger partial charge in [-0.3, -0.25) is 0 Å². The molecule has 26 aromatic rings. The summed E-state index contributed by atoms with van der Waals surface area (Å²) in [6, 6.07) is 184. The zero-order valence-corrected chi connectivity index (χ0v) is 73.1. The number of furan rings is 2. The van der Waals surface area contributed by atoms with Crippen molar-refractivity contribution >= 4 is 143 Å². The van der Waals surface area contributed by atoms with Gasteiger partial charge in [0.25, 0.3) is 0 Å². The number of para-hydroxylation sites is 7. The van der Waals surface area contributed by atoms with E-state index < -0.39 is 0 Å². The Kier molecular flexibility index (Phi) is 19.5. The lowest BCUT2D eigenvalue weighted by Crippen LogP contribution is -2.10. The van der Waals surface area contributed by atoms with Gasteiger partial charge >= 0.3 is 0 Å². The molecule has 0 bridgehead atoms. The normalized spacial score (nSPS) is 11.6. The zero-order chi connectivity index (χ0) is 88.5. The molecule has 0 radical (unpaired) electrons. The van der Waals surface area contributed by atoms with Gasteiger partial charge in [0.05, 0.1) is 22.1 Å². The molecule has 0 amide bonds. The molecule has 0 spiro atoms. The van der Waals surface area contributed by atoms with Gasteiger partial charge in [-0.15, -0.1) is 0 Å². The van der Waals surface area contributed by atoms with Gasteiger partial charge < -0.3 is 27.8 Å². The van der Waals surface area contributed by atoms with Crippen LogP contribution in [0.25, 0.3) is 209 Å². The summed E-state index contributed by atoms with van der Waals surface area (Å²) in [7, 11) is 0. The van der Waals surface area contributed by atoms with E-state index in [9.17, 15) is 0 Å². The summed E-state index contributed by atoms with van der Waals surface area (Å²) in [5, 5.41) is 14.6. The Balaban J connectivity index is 0.000000143. The lowest BCUT2D eigenvalue weighted by atomic mass is 9.96. The molecule has 0 unspecified atom stereocenters. The molecule has 22 aromatic carbocycles. The van der Waals surface area contributed by atoms with Gasteiger partial charge in [0.1, 0.15) is 22.3 Å². The van der Waals surface area contributed by atoms with E-state index in [0.717, 1.165) is 117 Å². The van der Waals surface area contributed by atoms with Crippen molar-refractivity contribution in [2.24, 2.45) is 0 Å². The van der Waals surface area contributed by atoms with Crippen molar-refractivity contribution in [3.05, 3.63) is 510 Å². The van der Waals surface area contributed by atoms with E-state index in [1.165, 1.54) is 126 Å². The molecular weight excluding hydrogens is 1630 g/mol. The maximum atomic E-state index is 6.38. The van der Waals surface area contributed by atoms with Crippen molar-refractivity contribution < 1.29 is 8.83 Å². The molecule has 0 aliphatic heterocycles. The molecule has 26 rings (SSSR count). The molecule has 0 aliphatic carbocycles. The van der Waals surface area contributed by atoms with Crippen LogP contribution in [0.2, 0.25) is 0 Å². The Bertz CT molecular complexity index is 8840. The van der Waals surface area contributed by atoms with Crippen LogP contribution in [0, 0.1) is 0 Å². The molecule has 0 N–H and O–H groups in total. The third-order valence-electron chi connectivity index (χ3n) is 26.8. The lowest BCUT2D eigenvalue weighted by Gasteiger charge is -2.26. The maximum absolute atomic E-state index is 6.38. The molecule has 6 nitrogen and oxygen atoms in total. The molecule has 628 valence electrons. The Morgan fingerprint density at radius 1 is 0.149 bits per heavy atom. The van der Waals surface area contributed by atoms with Gasteiger partial charge in [0, 0.05) is 94.2 Å². The molecule has 0 saturated heterocycles. The number of nitrogens with zero attached hydrogens (tertiary/aromatic N) is 4. The highest BCUT2D eigenvalue weighted by molar-refractivity contribution is 6.13. The van der Waals surface area contributed by atoms with Crippen LogP contribution in [-0.4, -0.2) is 9.13 Å². The summed E-state index contributed by atoms with van der Waals surface area (Å²) in [4.78, 5) is 4.73. The first-order valence-corrected chi connectivity index (χ1v) is 45.8. The molecule has 6 heteroatoms. The minimum atomic E-state index is 0.910. The van der Waals surface area contributed by atoms with E-state index in [-0.39, 0.29) is 0 Å². The smallest absolute Gasteiger partial charge is 0.143 e. The number of aromatic nitrogens is 2. The Labute approximate surface area is 775 Å². The fraction of sp³-hybridized carbons (Fsp3) is 0. The number of anilines is 6. The number of hydrogen-bond donors (Lipinski definition) is 0. The van der Waals surface area contributed by atoms with E-state index in [0.29, 0.717) is 0 Å². The van der Waals surface area contributed by atoms with E-state index >= 15 is 0 Å². The van der Waals surface area contributed by atoms with Crippen LogP contribution in [0.3, 0.4) is 0 Å². The van der Waals surface area contributed by atoms with Crippen molar-refractivity contribution in [1.82, 2.24) is 9.13 Å². The van der Waals surface area contributed by atoms with E-state index in [2.05, 4.69) is 504 Å². The molecule has 134 heavy (non-hydrogen) atoms. The summed E-state index contributed by atoms with van der Waals surface area (Å²) >= 11 is 0. The van der Waals surface area contributed by atoms with Gasteiger partial charge in [0.2, 0.25) is 0 Å². The average Bonchev–Trinajstić information content (AvgIpc) is 1.59. The first-order valence-electron chi connectivity index (χ1n) is 45.8. The molecule has 4 heterocycles. The monoisotopic (exact) mass is 1710 g/mol. The summed E-state index contributed by atoms with van der Waals surface area (Å²) < 4.78 is 17.3. The van der Waals surface area contributed by atoms with Crippen LogP contribution in [0.15, 0.2) is 518 Å². The van der Waals surface area contributed by atoms with Crippen LogP contribution in [0.5, 0.6) is 0 Å². The van der Waals surface area contributed by atoms with Crippen LogP contribution < -0.4 is 9.80 Å². The molecule has 0 fully saturated rings. The van der Waals surface area contributed by atoms with E-state index in [4.69, 9.17) is 8.83 Å². The quantitative estimate of drug-likeness (QED) is 0.0967. The van der Waals surface area contributed by atoms with Gasteiger partial charge in [-0.1, -0.05) is 370 Å². The summed E-state index contributed by atoms with van der Waals surface area (Å²) in [6.45, 7) is 0. The zero-order valence-electron chi connectivity index (χ0n) is 73.1. The first-order chi connectivity index (χ1) is 66.4. The third kappa shape index (κ3) is 14.3. The fourth-order valence-electron chi connectivity index (χ4n) is 20.2. The predicted molar refractivity (Wildman–Crippen MR) is 564 cm³/mol. The van der Waals surface area contributed by atoms with Gasteiger partial charge in [-0.05, 0) is 245 Å². The minimum absolute atomic E-state index is 0.910. The van der Waals surface area contributed by atoms with Crippen LogP contribution in [-0.2, 0) is 0 Å². The third-order valence-corrected chi connectivity index (χ3v) is 26.8. The second-order valence-corrected chi connectivity index (χ2v) is 34.6. The fourth-order valence-corrected chi connectivity index (χ4v) is 20.2. The van der Waals surface area contributed by atoms with Crippen molar-refractivity contribution in [1.29, 1.82) is 0 Å². The number of rotatable bonds is 16. The topological polar surface area (TPSA) is 42.6 Å². The van der Waals surface area contributed by atoms with E-state index in [1.807, 2.05) is 24.3 Å².